The standard InChI is InChI=1S/C20H16FN5O/c21-17-8-2-14(3-9-17)10-12-22-19(27)16-6-4-15(5-7-16)18-24-25-20-23-11-1-13-26(18)20/h1-9,11,13H,10,12H2,(H,22,27). The second-order valence-electron chi connectivity index (χ2n) is 6.02. The van der Waals surface area contributed by atoms with Crippen LogP contribution in [0.2, 0.25) is 0 Å². The summed E-state index contributed by atoms with van der Waals surface area (Å²) in [6, 6.07) is 15.2. The van der Waals surface area contributed by atoms with E-state index in [1.54, 1.807) is 34.9 Å². The number of benzene rings is 2. The highest BCUT2D eigenvalue weighted by Crippen LogP contribution is 2.18. The molecule has 1 N–H and O–H groups in total. The molecule has 4 aromatic rings. The van der Waals surface area contributed by atoms with Crippen LogP contribution in [-0.4, -0.2) is 32.0 Å². The van der Waals surface area contributed by atoms with Gasteiger partial charge in [-0.2, -0.15) is 0 Å². The lowest BCUT2D eigenvalue weighted by Crippen LogP contribution is -2.25. The Kier molecular flexibility index (Phi) is 4.57. The molecule has 0 aliphatic rings. The van der Waals surface area contributed by atoms with Gasteiger partial charge < -0.3 is 5.32 Å². The normalized spacial score (nSPS) is 10.9. The number of hydrogen-bond acceptors (Lipinski definition) is 4. The maximum atomic E-state index is 12.9. The monoisotopic (exact) mass is 361 g/mol. The van der Waals surface area contributed by atoms with Crippen molar-refractivity contribution in [3.8, 4) is 11.4 Å². The van der Waals surface area contributed by atoms with E-state index in [0.29, 0.717) is 30.1 Å². The first-order valence-electron chi connectivity index (χ1n) is 8.49. The molecule has 4 rings (SSSR count). The van der Waals surface area contributed by atoms with Crippen molar-refractivity contribution >= 4 is 11.7 Å². The van der Waals surface area contributed by atoms with E-state index in [4.69, 9.17) is 0 Å². The van der Waals surface area contributed by atoms with Crippen molar-refractivity contribution in [3.05, 3.63) is 83.9 Å². The molecular formula is C20H16FN5O. The van der Waals surface area contributed by atoms with Crippen LogP contribution in [0.25, 0.3) is 17.2 Å². The van der Waals surface area contributed by atoms with Gasteiger partial charge in [0.25, 0.3) is 11.7 Å². The fourth-order valence-electron chi connectivity index (χ4n) is 2.78. The summed E-state index contributed by atoms with van der Waals surface area (Å²) in [6.45, 7) is 0.479. The second-order valence-corrected chi connectivity index (χ2v) is 6.02. The highest BCUT2D eigenvalue weighted by atomic mass is 19.1. The Morgan fingerprint density at radius 1 is 1.04 bits per heavy atom. The molecule has 27 heavy (non-hydrogen) atoms. The molecule has 7 heteroatoms. The molecule has 0 aliphatic carbocycles. The van der Waals surface area contributed by atoms with E-state index < -0.39 is 0 Å². The maximum absolute atomic E-state index is 12.9. The summed E-state index contributed by atoms with van der Waals surface area (Å²) in [4.78, 5) is 16.4. The molecule has 0 aliphatic heterocycles. The zero-order valence-electron chi connectivity index (χ0n) is 14.3. The summed E-state index contributed by atoms with van der Waals surface area (Å²) >= 11 is 0. The minimum absolute atomic E-state index is 0.156. The number of carbonyl (C=O) groups is 1. The first kappa shape index (κ1) is 16.8. The molecule has 0 spiro atoms. The molecule has 1 amide bonds. The molecule has 0 fully saturated rings. The van der Waals surface area contributed by atoms with Crippen molar-refractivity contribution < 1.29 is 9.18 Å². The van der Waals surface area contributed by atoms with Gasteiger partial charge in [0.05, 0.1) is 0 Å². The number of aromatic nitrogens is 4. The minimum atomic E-state index is -0.265. The molecular weight excluding hydrogens is 345 g/mol. The van der Waals surface area contributed by atoms with Gasteiger partial charge in [0.2, 0.25) is 0 Å². The van der Waals surface area contributed by atoms with Gasteiger partial charge in [-0.25, -0.2) is 9.37 Å². The molecule has 0 saturated carbocycles. The van der Waals surface area contributed by atoms with Crippen LogP contribution >= 0.6 is 0 Å². The van der Waals surface area contributed by atoms with Gasteiger partial charge in [-0.3, -0.25) is 9.20 Å². The van der Waals surface area contributed by atoms with Gasteiger partial charge in [0.1, 0.15) is 5.82 Å². The average molecular weight is 361 g/mol. The lowest BCUT2D eigenvalue weighted by atomic mass is 10.1. The van der Waals surface area contributed by atoms with E-state index in [1.165, 1.54) is 12.1 Å². The van der Waals surface area contributed by atoms with Crippen molar-refractivity contribution in [2.45, 2.75) is 6.42 Å². The number of nitrogens with zero attached hydrogens (tertiary/aromatic N) is 4. The van der Waals surface area contributed by atoms with Gasteiger partial charge in [-0.05, 0) is 42.3 Å². The maximum Gasteiger partial charge on any atom is 0.255 e. The van der Waals surface area contributed by atoms with Gasteiger partial charge >= 0.3 is 0 Å². The summed E-state index contributed by atoms with van der Waals surface area (Å²) in [5.74, 6) is 0.770. The van der Waals surface area contributed by atoms with Gasteiger partial charge in [0, 0.05) is 30.1 Å². The summed E-state index contributed by atoms with van der Waals surface area (Å²) in [6.07, 6.45) is 4.14. The van der Waals surface area contributed by atoms with Crippen molar-refractivity contribution in [2.75, 3.05) is 6.54 Å². The molecule has 2 aromatic heterocycles. The predicted octanol–water partition coefficient (Wildman–Crippen LogP) is 2.90. The number of rotatable bonds is 5. The van der Waals surface area contributed by atoms with Crippen molar-refractivity contribution in [1.29, 1.82) is 0 Å². The molecule has 0 saturated heterocycles. The molecule has 134 valence electrons. The summed E-state index contributed by atoms with van der Waals surface area (Å²) in [5.41, 5.74) is 2.38. The molecule has 0 bridgehead atoms. The van der Waals surface area contributed by atoms with Crippen LogP contribution in [0.15, 0.2) is 67.0 Å². The fourth-order valence-corrected chi connectivity index (χ4v) is 2.78. The first-order valence-corrected chi connectivity index (χ1v) is 8.49. The van der Waals surface area contributed by atoms with Crippen LogP contribution < -0.4 is 5.32 Å². The lowest BCUT2D eigenvalue weighted by molar-refractivity contribution is 0.0954. The van der Waals surface area contributed by atoms with Crippen LogP contribution in [0, 0.1) is 5.82 Å². The number of fused-ring (bicyclic) bond motifs is 1. The quantitative estimate of drug-likeness (QED) is 0.593. The molecule has 2 aromatic carbocycles. The van der Waals surface area contributed by atoms with E-state index in [2.05, 4.69) is 20.5 Å². The van der Waals surface area contributed by atoms with E-state index in [0.717, 1.165) is 11.1 Å². The van der Waals surface area contributed by atoms with E-state index in [9.17, 15) is 9.18 Å². The Balaban J connectivity index is 1.41. The molecule has 0 atom stereocenters. The Hall–Kier alpha value is -3.61. The topological polar surface area (TPSA) is 72.2 Å². The van der Waals surface area contributed by atoms with Gasteiger partial charge in [0.15, 0.2) is 5.82 Å². The summed E-state index contributed by atoms with van der Waals surface area (Å²) in [5, 5.41) is 11.0. The summed E-state index contributed by atoms with van der Waals surface area (Å²) in [7, 11) is 0. The SMILES string of the molecule is O=C(NCCc1ccc(F)cc1)c1ccc(-c2nnc3ncccn23)cc1. The largest absolute Gasteiger partial charge is 0.352 e. The fraction of sp³-hybridized carbons (Fsp3) is 0.100. The zero-order chi connectivity index (χ0) is 18.6. The van der Waals surface area contributed by atoms with Crippen LogP contribution in [0.1, 0.15) is 15.9 Å². The number of carbonyl (C=O) groups excluding carboxylic acids is 1. The van der Waals surface area contributed by atoms with E-state index in [-0.39, 0.29) is 11.7 Å². The average Bonchev–Trinajstić information content (AvgIpc) is 3.14. The molecule has 2 heterocycles. The number of nitrogens with one attached hydrogen (secondary N) is 1. The Morgan fingerprint density at radius 2 is 1.81 bits per heavy atom. The smallest absolute Gasteiger partial charge is 0.255 e. The first-order chi connectivity index (χ1) is 13.2. The summed E-state index contributed by atoms with van der Waals surface area (Å²) < 4.78 is 14.7. The van der Waals surface area contributed by atoms with Crippen LogP contribution in [0.3, 0.4) is 0 Å². The second kappa shape index (κ2) is 7.33. The van der Waals surface area contributed by atoms with Crippen molar-refractivity contribution in [2.24, 2.45) is 0 Å². The highest BCUT2D eigenvalue weighted by molar-refractivity contribution is 5.94. The van der Waals surface area contributed by atoms with E-state index >= 15 is 0 Å². The third kappa shape index (κ3) is 3.67. The molecule has 0 radical (unpaired) electrons. The van der Waals surface area contributed by atoms with Crippen LogP contribution in [-0.2, 0) is 6.42 Å². The van der Waals surface area contributed by atoms with Gasteiger partial charge in [-0.15, -0.1) is 10.2 Å². The molecule has 6 nitrogen and oxygen atoms in total. The lowest BCUT2D eigenvalue weighted by Gasteiger charge is -2.06. The van der Waals surface area contributed by atoms with Crippen molar-refractivity contribution in [3.63, 3.8) is 0 Å². The third-order valence-corrected chi connectivity index (χ3v) is 4.21. The van der Waals surface area contributed by atoms with E-state index in [1.807, 2.05) is 24.4 Å². The van der Waals surface area contributed by atoms with Crippen molar-refractivity contribution in [1.82, 2.24) is 24.9 Å². The number of hydrogen-bond donors (Lipinski definition) is 1. The van der Waals surface area contributed by atoms with Gasteiger partial charge in [-0.1, -0.05) is 24.3 Å². The third-order valence-electron chi connectivity index (χ3n) is 4.21. The zero-order valence-corrected chi connectivity index (χ0v) is 14.3. The number of halogens is 1. The minimum Gasteiger partial charge on any atom is -0.352 e. The molecule has 0 unspecified atom stereocenters. The predicted molar refractivity (Wildman–Crippen MR) is 98.7 cm³/mol. The van der Waals surface area contributed by atoms with Crippen LogP contribution in [0.5, 0.6) is 0 Å². The Labute approximate surface area is 154 Å². The Bertz CT molecular complexity index is 1070. The Morgan fingerprint density at radius 3 is 2.59 bits per heavy atom. The number of amides is 1. The van der Waals surface area contributed by atoms with Crippen LogP contribution in [0.4, 0.5) is 4.39 Å². The highest BCUT2D eigenvalue weighted by Gasteiger charge is 2.10.